The van der Waals surface area contributed by atoms with Gasteiger partial charge in [0, 0.05) is 18.7 Å². The van der Waals surface area contributed by atoms with Crippen molar-refractivity contribution in [2.45, 2.75) is 0 Å². The van der Waals surface area contributed by atoms with E-state index in [4.69, 9.17) is 31.5 Å². The summed E-state index contributed by atoms with van der Waals surface area (Å²) in [6.45, 7) is 1.20. The van der Waals surface area contributed by atoms with Gasteiger partial charge in [0.15, 0.2) is 5.02 Å². The highest BCUT2D eigenvalue weighted by molar-refractivity contribution is 6.34. The van der Waals surface area contributed by atoms with Crippen molar-refractivity contribution in [3.8, 4) is 5.75 Å². The summed E-state index contributed by atoms with van der Waals surface area (Å²) in [5.41, 5.74) is 4.62. The number of hydrogen-bond acceptors (Lipinski definition) is 6. The van der Waals surface area contributed by atoms with Crippen LogP contribution in [0.5, 0.6) is 5.75 Å². The fraction of sp³-hybridized carbons (Fsp3) is 0.417. The van der Waals surface area contributed by atoms with Crippen molar-refractivity contribution >= 4 is 23.2 Å². The first kappa shape index (κ1) is 17.2. The van der Waals surface area contributed by atoms with Gasteiger partial charge >= 0.3 is 0 Å². The van der Waals surface area contributed by atoms with Gasteiger partial charge in [0.25, 0.3) is 5.69 Å². The predicted molar refractivity (Wildman–Crippen MR) is 74.8 cm³/mol. The van der Waals surface area contributed by atoms with Gasteiger partial charge in [-0.3, -0.25) is 14.9 Å². The minimum atomic E-state index is -0.809. The summed E-state index contributed by atoms with van der Waals surface area (Å²) < 4.78 is 15.3. The van der Waals surface area contributed by atoms with Crippen molar-refractivity contribution in [2.75, 3.05) is 33.5 Å². The van der Waals surface area contributed by atoms with Gasteiger partial charge in [-0.25, -0.2) is 0 Å². The van der Waals surface area contributed by atoms with Crippen LogP contribution < -0.4 is 10.5 Å². The molecule has 0 heterocycles. The Morgan fingerprint density at radius 3 is 2.57 bits per heavy atom. The molecule has 8 nitrogen and oxygen atoms in total. The van der Waals surface area contributed by atoms with Gasteiger partial charge in [0.05, 0.1) is 24.7 Å². The van der Waals surface area contributed by atoms with E-state index in [0.717, 1.165) is 6.07 Å². The van der Waals surface area contributed by atoms with Crippen LogP contribution in [-0.4, -0.2) is 44.4 Å². The molecule has 0 aliphatic rings. The molecule has 1 amide bonds. The quantitative estimate of drug-likeness (QED) is 0.418. The van der Waals surface area contributed by atoms with Gasteiger partial charge in [0.1, 0.15) is 12.4 Å². The van der Waals surface area contributed by atoms with E-state index in [-0.39, 0.29) is 29.5 Å². The van der Waals surface area contributed by atoms with Crippen LogP contribution in [0.15, 0.2) is 12.1 Å². The van der Waals surface area contributed by atoms with Gasteiger partial charge in [-0.15, -0.1) is 0 Å². The standard InChI is InChI=1S/C12H15ClN2O6/c1-19-2-3-20-4-5-21-10-7-8(12(14)16)6-9(11(10)13)15(17)18/h6-7H,2-5H2,1H3,(H2,14,16). The van der Waals surface area contributed by atoms with E-state index in [2.05, 4.69) is 0 Å². The number of nitro groups is 1. The molecule has 0 bridgehead atoms. The number of amides is 1. The average Bonchev–Trinajstić information content (AvgIpc) is 2.43. The van der Waals surface area contributed by atoms with E-state index in [1.807, 2.05) is 0 Å². The summed E-state index contributed by atoms with van der Waals surface area (Å²) >= 11 is 5.86. The second-order valence-corrected chi connectivity index (χ2v) is 4.26. The highest BCUT2D eigenvalue weighted by Crippen LogP contribution is 2.35. The molecule has 116 valence electrons. The number of halogens is 1. The number of hydrogen-bond donors (Lipinski definition) is 1. The van der Waals surface area contributed by atoms with Crippen LogP contribution in [0.25, 0.3) is 0 Å². The number of carbonyl (C=O) groups excluding carboxylic acids is 1. The van der Waals surface area contributed by atoms with E-state index in [0.29, 0.717) is 13.2 Å². The number of ether oxygens (including phenoxy) is 3. The maximum absolute atomic E-state index is 11.1. The summed E-state index contributed by atoms with van der Waals surface area (Å²) in [5.74, 6) is -0.800. The third-order valence-corrected chi connectivity index (χ3v) is 2.80. The third-order valence-electron chi connectivity index (χ3n) is 2.42. The Morgan fingerprint density at radius 1 is 1.33 bits per heavy atom. The number of methoxy groups -OCH3 is 1. The predicted octanol–water partition coefficient (Wildman–Crippen LogP) is 1.39. The molecule has 0 unspecified atom stereocenters. The normalized spacial score (nSPS) is 10.4. The molecule has 0 fully saturated rings. The van der Waals surface area contributed by atoms with Crippen LogP contribution in [0, 0.1) is 10.1 Å². The summed E-state index contributed by atoms with van der Waals surface area (Å²) in [5, 5.41) is 10.7. The highest BCUT2D eigenvalue weighted by atomic mass is 35.5. The molecule has 0 saturated heterocycles. The van der Waals surface area contributed by atoms with Crippen LogP contribution in [0.1, 0.15) is 10.4 Å². The minimum Gasteiger partial charge on any atom is -0.489 e. The van der Waals surface area contributed by atoms with Crippen molar-refractivity contribution in [1.82, 2.24) is 0 Å². The maximum Gasteiger partial charge on any atom is 0.292 e. The lowest BCUT2D eigenvalue weighted by atomic mass is 10.2. The number of nitrogens with two attached hydrogens (primary N) is 1. The number of nitrogens with zero attached hydrogens (tertiary/aromatic N) is 1. The fourth-order valence-corrected chi connectivity index (χ4v) is 1.65. The topological polar surface area (TPSA) is 114 Å². The molecular formula is C12H15ClN2O6. The second kappa shape index (κ2) is 8.40. The summed E-state index contributed by atoms with van der Waals surface area (Å²) in [4.78, 5) is 21.3. The first-order valence-corrected chi connectivity index (χ1v) is 6.32. The third kappa shape index (κ3) is 5.18. The van der Waals surface area contributed by atoms with Crippen LogP contribution in [0.3, 0.4) is 0 Å². The second-order valence-electron chi connectivity index (χ2n) is 3.88. The SMILES string of the molecule is COCCOCCOc1cc(C(N)=O)cc([N+](=O)[O-])c1Cl. The lowest BCUT2D eigenvalue weighted by molar-refractivity contribution is -0.384. The zero-order valence-electron chi connectivity index (χ0n) is 11.3. The first-order valence-electron chi connectivity index (χ1n) is 5.94. The zero-order valence-corrected chi connectivity index (χ0v) is 12.1. The van der Waals surface area contributed by atoms with Crippen LogP contribution in [-0.2, 0) is 9.47 Å². The molecule has 1 aromatic rings. The molecule has 0 atom stereocenters. The van der Waals surface area contributed by atoms with Crippen molar-refractivity contribution in [3.05, 3.63) is 32.8 Å². The maximum atomic E-state index is 11.1. The van der Waals surface area contributed by atoms with Crippen molar-refractivity contribution < 1.29 is 23.9 Å². The van der Waals surface area contributed by atoms with E-state index in [1.54, 1.807) is 7.11 Å². The van der Waals surface area contributed by atoms with Gasteiger partial charge < -0.3 is 19.9 Å². The van der Waals surface area contributed by atoms with Gasteiger partial charge in [-0.1, -0.05) is 11.6 Å². The highest BCUT2D eigenvalue weighted by Gasteiger charge is 2.21. The van der Waals surface area contributed by atoms with Crippen molar-refractivity contribution in [2.24, 2.45) is 5.73 Å². The number of carbonyl (C=O) groups is 1. The summed E-state index contributed by atoms with van der Waals surface area (Å²) in [6, 6.07) is 2.26. The minimum absolute atomic E-state index is 0.00927. The fourth-order valence-electron chi connectivity index (χ4n) is 1.42. The van der Waals surface area contributed by atoms with E-state index in [1.165, 1.54) is 6.07 Å². The number of nitro benzene ring substituents is 1. The van der Waals surface area contributed by atoms with Gasteiger partial charge in [-0.2, -0.15) is 0 Å². The Hall–Kier alpha value is -1.90. The Kier molecular flexibility index (Phi) is 6.86. The first-order chi connectivity index (χ1) is 9.97. The van der Waals surface area contributed by atoms with E-state index >= 15 is 0 Å². The van der Waals surface area contributed by atoms with E-state index in [9.17, 15) is 14.9 Å². The molecule has 0 aliphatic carbocycles. The lowest BCUT2D eigenvalue weighted by Crippen LogP contribution is -2.13. The molecule has 1 rings (SSSR count). The molecule has 0 saturated carbocycles. The Morgan fingerprint density at radius 2 is 2.00 bits per heavy atom. The van der Waals surface area contributed by atoms with Crippen molar-refractivity contribution in [1.29, 1.82) is 0 Å². The van der Waals surface area contributed by atoms with E-state index < -0.39 is 16.5 Å². The number of primary amides is 1. The number of benzene rings is 1. The largest absolute Gasteiger partial charge is 0.489 e. The molecular weight excluding hydrogens is 304 g/mol. The van der Waals surface area contributed by atoms with Gasteiger partial charge in [-0.05, 0) is 6.07 Å². The molecule has 1 aromatic carbocycles. The smallest absolute Gasteiger partial charge is 0.292 e. The average molecular weight is 319 g/mol. The van der Waals surface area contributed by atoms with Crippen LogP contribution in [0.2, 0.25) is 5.02 Å². The number of rotatable bonds is 9. The Balaban J connectivity index is 2.76. The molecule has 21 heavy (non-hydrogen) atoms. The van der Waals surface area contributed by atoms with Gasteiger partial charge in [0.2, 0.25) is 5.91 Å². The van der Waals surface area contributed by atoms with Crippen LogP contribution in [0.4, 0.5) is 5.69 Å². The molecule has 0 spiro atoms. The van der Waals surface area contributed by atoms with Crippen LogP contribution >= 0.6 is 11.6 Å². The summed E-state index contributed by atoms with van der Waals surface area (Å²) in [7, 11) is 1.55. The molecule has 9 heteroatoms. The summed E-state index contributed by atoms with van der Waals surface area (Å²) in [6.07, 6.45) is 0. The lowest BCUT2D eigenvalue weighted by Gasteiger charge is -2.10. The Labute approximate surface area is 125 Å². The zero-order chi connectivity index (χ0) is 15.8. The molecule has 0 aromatic heterocycles. The molecule has 0 aliphatic heterocycles. The Bertz CT molecular complexity index is 523. The molecule has 0 radical (unpaired) electrons. The van der Waals surface area contributed by atoms with Crippen molar-refractivity contribution in [3.63, 3.8) is 0 Å². The monoisotopic (exact) mass is 318 g/mol. The molecule has 2 N–H and O–H groups in total.